The van der Waals surface area contributed by atoms with Crippen LogP contribution in [0, 0.1) is 11.7 Å². The van der Waals surface area contributed by atoms with Gasteiger partial charge in [0.05, 0.1) is 0 Å². The maximum Gasteiger partial charge on any atom is 0.128 e. The zero-order chi connectivity index (χ0) is 11.8. The van der Waals surface area contributed by atoms with Gasteiger partial charge in [0.15, 0.2) is 0 Å². The van der Waals surface area contributed by atoms with Crippen molar-refractivity contribution in [3.05, 3.63) is 29.6 Å². The molecule has 2 aliphatic rings. The van der Waals surface area contributed by atoms with E-state index in [-0.39, 0.29) is 5.82 Å². The van der Waals surface area contributed by atoms with E-state index in [2.05, 4.69) is 17.3 Å². The van der Waals surface area contributed by atoms with E-state index in [0.717, 1.165) is 30.9 Å². The highest BCUT2D eigenvalue weighted by atomic mass is 19.1. The molecule has 0 aliphatic carbocycles. The van der Waals surface area contributed by atoms with Crippen molar-refractivity contribution in [3.8, 4) is 0 Å². The van der Waals surface area contributed by atoms with Crippen LogP contribution in [0.4, 0.5) is 10.1 Å². The molecule has 1 fully saturated rings. The number of hydrogen-bond donors (Lipinski definition) is 1. The Morgan fingerprint density at radius 3 is 2.82 bits per heavy atom. The predicted molar refractivity (Wildman–Crippen MR) is 68.0 cm³/mol. The number of likely N-dealkylation sites (N-methyl/N-ethyl adjacent to an activating group) is 1. The summed E-state index contributed by atoms with van der Waals surface area (Å²) in [4.78, 5) is 2.20. The van der Waals surface area contributed by atoms with E-state index in [0.29, 0.717) is 11.8 Å². The summed E-state index contributed by atoms with van der Waals surface area (Å²) in [6.45, 7) is 3.13. The molecule has 1 N–H and O–H groups in total. The van der Waals surface area contributed by atoms with Gasteiger partial charge in [-0.25, -0.2) is 4.39 Å². The summed E-state index contributed by atoms with van der Waals surface area (Å²) in [5, 5.41) is 3.38. The second-order valence-corrected chi connectivity index (χ2v) is 5.25. The molecule has 0 spiro atoms. The summed E-state index contributed by atoms with van der Waals surface area (Å²) in [5.41, 5.74) is 2.05. The quantitative estimate of drug-likeness (QED) is 0.802. The monoisotopic (exact) mass is 234 g/mol. The van der Waals surface area contributed by atoms with Crippen LogP contribution in [0.2, 0.25) is 0 Å². The number of halogens is 1. The van der Waals surface area contributed by atoms with Crippen LogP contribution in [-0.2, 0) is 0 Å². The SMILES string of the molecule is CN1CC(C2CCNCC2)c2c(F)cccc21. The van der Waals surface area contributed by atoms with Crippen LogP contribution in [0.3, 0.4) is 0 Å². The van der Waals surface area contributed by atoms with Gasteiger partial charge >= 0.3 is 0 Å². The highest BCUT2D eigenvalue weighted by Crippen LogP contribution is 2.43. The van der Waals surface area contributed by atoms with Crippen molar-refractivity contribution in [1.82, 2.24) is 5.32 Å². The first kappa shape index (κ1) is 11.0. The normalized spacial score (nSPS) is 25.1. The molecular weight excluding hydrogens is 215 g/mol. The average molecular weight is 234 g/mol. The van der Waals surface area contributed by atoms with Gasteiger partial charge in [-0.15, -0.1) is 0 Å². The van der Waals surface area contributed by atoms with Crippen LogP contribution in [0.25, 0.3) is 0 Å². The Hall–Kier alpha value is -1.09. The highest BCUT2D eigenvalue weighted by Gasteiger charge is 2.35. The lowest BCUT2D eigenvalue weighted by Crippen LogP contribution is -2.32. The first-order valence-electron chi connectivity index (χ1n) is 6.47. The third-order valence-electron chi connectivity index (χ3n) is 4.24. The van der Waals surface area contributed by atoms with Gasteiger partial charge in [-0.1, -0.05) is 6.07 Å². The summed E-state index contributed by atoms with van der Waals surface area (Å²) in [6, 6.07) is 5.46. The fourth-order valence-corrected chi connectivity index (χ4v) is 3.34. The topological polar surface area (TPSA) is 15.3 Å². The number of fused-ring (bicyclic) bond motifs is 1. The molecular formula is C14H19FN2. The largest absolute Gasteiger partial charge is 0.374 e. The minimum Gasteiger partial charge on any atom is -0.374 e. The summed E-state index contributed by atoms with van der Waals surface area (Å²) >= 11 is 0. The first-order valence-corrected chi connectivity index (χ1v) is 6.47. The smallest absolute Gasteiger partial charge is 0.128 e. The molecule has 0 radical (unpaired) electrons. The van der Waals surface area contributed by atoms with Crippen molar-refractivity contribution < 1.29 is 4.39 Å². The number of hydrogen-bond acceptors (Lipinski definition) is 2. The zero-order valence-corrected chi connectivity index (χ0v) is 10.2. The van der Waals surface area contributed by atoms with Crippen molar-refractivity contribution in [2.75, 3.05) is 31.6 Å². The lowest BCUT2D eigenvalue weighted by atomic mass is 9.81. The van der Waals surface area contributed by atoms with Gasteiger partial charge in [-0.05, 0) is 44.0 Å². The highest BCUT2D eigenvalue weighted by molar-refractivity contribution is 5.60. The maximum atomic E-state index is 14.0. The summed E-state index contributed by atoms with van der Waals surface area (Å²) in [5.74, 6) is 1.01. The Morgan fingerprint density at radius 1 is 1.29 bits per heavy atom. The molecule has 0 aromatic heterocycles. The van der Waals surface area contributed by atoms with Crippen LogP contribution >= 0.6 is 0 Å². The average Bonchev–Trinajstić information content (AvgIpc) is 2.70. The number of benzene rings is 1. The standard InChI is InChI=1S/C14H19FN2/c1-17-9-11(10-5-7-16-8-6-10)14-12(15)3-2-4-13(14)17/h2-4,10-11,16H,5-9H2,1H3. The van der Waals surface area contributed by atoms with Gasteiger partial charge in [0, 0.05) is 30.8 Å². The van der Waals surface area contributed by atoms with Gasteiger partial charge in [0.2, 0.25) is 0 Å². The van der Waals surface area contributed by atoms with Gasteiger partial charge < -0.3 is 10.2 Å². The molecule has 3 rings (SSSR count). The summed E-state index contributed by atoms with van der Waals surface area (Å²) < 4.78 is 14.0. The fraction of sp³-hybridized carbons (Fsp3) is 0.571. The van der Waals surface area contributed by atoms with E-state index >= 15 is 0 Å². The number of anilines is 1. The second kappa shape index (κ2) is 4.30. The van der Waals surface area contributed by atoms with E-state index < -0.39 is 0 Å². The van der Waals surface area contributed by atoms with Crippen molar-refractivity contribution in [2.24, 2.45) is 5.92 Å². The van der Waals surface area contributed by atoms with E-state index in [1.165, 1.54) is 12.8 Å². The molecule has 3 heteroatoms. The third kappa shape index (κ3) is 1.82. The van der Waals surface area contributed by atoms with Crippen molar-refractivity contribution in [3.63, 3.8) is 0 Å². The Bertz CT molecular complexity index is 413. The van der Waals surface area contributed by atoms with Crippen LogP contribution in [0.5, 0.6) is 0 Å². The minimum absolute atomic E-state index is 0.0182. The van der Waals surface area contributed by atoms with Crippen LogP contribution in [-0.4, -0.2) is 26.7 Å². The second-order valence-electron chi connectivity index (χ2n) is 5.25. The molecule has 2 nitrogen and oxygen atoms in total. The molecule has 92 valence electrons. The van der Waals surface area contributed by atoms with Gasteiger partial charge in [0.25, 0.3) is 0 Å². The number of rotatable bonds is 1. The summed E-state index contributed by atoms with van der Waals surface area (Å²) in [6.07, 6.45) is 2.35. The fourth-order valence-electron chi connectivity index (χ4n) is 3.34. The van der Waals surface area contributed by atoms with Crippen molar-refractivity contribution in [1.29, 1.82) is 0 Å². The van der Waals surface area contributed by atoms with E-state index in [1.807, 2.05) is 12.1 Å². The number of piperidine rings is 1. The molecule has 0 saturated carbocycles. The lowest BCUT2D eigenvalue weighted by molar-refractivity contribution is 0.322. The minimum atomic E-state index is -0.0182. The van der Waals surface area contributed by atoms with Gasteiger partial charge in [0.1, 0.15) is 5.82 Å². The maximum absolute atomic E-state index is 14.0. The molecule has 2 aliphatic heterocycles. The Kier molecular flexibility index (Phi) is 2.79. The molecule has 0 amide bonds. The van der Waals surface area contributed by atoms with Crippen molar-refractivity contribution >= 4 is 5.69 Å². The molecule has 17 heavy (non-hydrogen) atoms. The third-order valence-corrected chi connectivity index (χ3v) is 4.24. The van der Waals surface area contributed by atoms with Crippen molar-refractivity contribution in [2.45, 2.75) is 18.8 Å². The van der Waals surface area contributed by atoms with E-state index in [4.69, 9.17) is 0 Å². The predicted octanol–water partition coefficient (Wildman–Crippen LogP) is 2.36. The van der Waals surface area contributed by atoms with E-state index in [1.54, 1.807) is 6.07 Å². The molecule has 1 atom stereocenters. The lowest BCUT2D eigenvalue weighted by Gasteiger charge is -2.28. The summed E-state index contributed by atoms with van der Waals surface area (Å²) in [7, 11) is 2.07. The molecule has 0 bridgehead atoms. The van der Waals surface area contributed by atoms with Gasteiger partial charge in [-0.3, -0.25) is 0 Å². The first-order chi connectivity index (χ1) is 8.27. The van der Waals surface area contributed by atoms with E-state index in [9.17, 15) is 4.39 Å². The zero-order valence-electron chi connectivity index (χ0n) is 10.2. The van der Waals surface area contributed by atoms with Crippen LogP contribution < -0.4 is 10.2 Å². The molecule has 1 aromatic carbocycles. The van der Waals surface area contributed by atoms with Crippen LogP contribution in [0.15, 0.2) is 18.2 Å². The van der Waals surface area contributed by atoms with Crippen LogP contribution in [0.1, 0.15) is 24.3 Å². The number of nitrogens with one attached hydrogen (secondary N) is 1. The molecule has 2 heterocycles. The Morgan fingerprint density at radius 2 is 2.06 bits per heavy atom. The molecule has 1 unspecified atom stereocenters. The Balaban J connectivity index is 1.94. The number of nitrogens with zero attached hydrogens (tertiary/aromatic N) is 1. The Labute approximate surface area is 102 Å². The van der Waals surface area contributed by atoms with Gasteiger partial charge in [-0.2, -0.15) is 0 Å². The molecule has 1 aromatic rings. The molecule has 1 saturated heterocycles.